The molecule has 0 fully saturated rings. The molecule has 0 unspecified atom stereocenters. The molecule has 0 aliphatic rings. The summed E-state index contributed by atoms with van der Waals surface area (Å²) in [5.74, 6) is -1.79. The monoisotopic (exact) mass is 337 g/mol. The van der Waals surface area contributed by atoms with Crippen LogP contribution in [0.4, 0.5) is 22.0 Å². The Balaban J connectivity index is 2.43. The second kappa shape index (κ2) is 6.91. The van der Waals surface area contributed by atoms with Crippen molar-refractivity contribution >= 4 is 11.6 Å². The lowest BCUT2D eigenvalue weighted by molar-refractivity contribution is -0.0521. The van der Waals surface area contributed by atoms with E-state index in [9.17, 15) is 22.0 Å². The molecule has 1 heterocycles. The maximum atomic E-state index is 13.4. The Hall–Kier alpha value is -1.89. The molecular weight excluding hydrogens is 329 g/mol. The van der Waals surface area contributed by atoms with E-state index in [0.29, 0.717) is 5.56 Å². The summed E-state index contributed by atoms with van der Waals surface area (Å²) in [6.07, 6.45) is -1.65. The van der Waals surface area contributed by atoms with Gasteiger partial charge in [0.15, 0.2) is 11.6 Å². The third kappa shape index (κ3) is 3.65. The Morgan fingerprint density at radius 3 is 2.41 bits per heavy atom. The highest BCUT2D eigenvalue weighted by Gasteiger charge is 2.16. The second-order valence-corrected chi connectivity index (χ2v) is 4.49. The molecule has 0 saturated carbocycles. The molecule has 0 amide bonds. The summed E-state index contributed by atoms with van der Waals surface area (Å²) in [4.78, 5) is 3.62. The van der Waals surface area contributed by atoms with E-state index in [1.165, 1.54) is 12.1 Å². The Bertz CT molecular complexity index is 666. The van der Waals surface area contributed by atoms with Gasteiger partial charge < -0.3 is 4.74 Å². The van der Waals surface area contributed by atoms with Crippen LogP contribution in [0.5, 0.6) is 5.75 Å². The van der Waals surface area contributed by atoms with Gasteiger partial charge in [-0.1, -0.05) is 6.07 Å². The van der Waals surface area contributed by atoms with Gasteiger partial charge in [-0.2, -0.15) is 8.78 Å². The highest BCUT2D eigenvalue weighted by molar-refractivity contribution is 6.17. The number of ether oxygens (including phenoxy) is 1. The van der Waals surface area contributed by atoms with E-state index in [-0.39, 0.29) is 17.0 Å². The number of aromatic nitrogens is 1. The van der Waals surface area contributed by atoms with Crippen LogP contribution in [-0.4, -0.2) is 11.6 Å². The SMILES string of the molecule is Fc1ccc(-c2cnc(C(F)F)c(CCl)c2)cc1OC(F)F. The molecule has 1 aromatic carbocycles. The van der Waals surface area contributed by atoms with Gasteiger partial charge in [-0.15, -0.1) is 11.6 Å². The topological polar surface area (TPSA) is 22.1 Å². The number of benzene rings is 1. The number of pyridine rings is 1. The lowest BCUT2D eigenvalue weighted by Crippen LogP contribution is -2.04. The van der Waals surface area contributed by atoms with Gasteiger partial charge in [-0.25, -0.2) is 13.2 Å². The van der Waals surface area contributed by atoms with Crippen LogP contribution in [0.2, 0.25) is 0 Å². The molecule has 2 aromatic rings. The van der Waals surface area contributed by atoms with Gasteiger partial charge >= 0.3 is 6.61 Å². The number of hydrogen-bond donors (Lipinski definition) is 0. The third-order valence-electron chi connectivity index (χ3n) is 2.83. The van der Waals surface area contributed by atoms with Crippen LogP contribution >= 0.6 is 11.6 Å². The van der Waals surface area contributed by atoms with E-state index < -0.39 is 30.3 Å². The standard InChI is InChI=1S/C14H9ClF5NO/c15-5-8-3-9(6-21-12(8)13(17)18)7-1-2-10(16)11(4-7)22-14(19)20/h1-4,6,13-14H,5H2. The zero-order valence-corrected chi connectivity index (χ0v) is 11.6. The summed E-state index contributed by atoms with van der Waals surface area (Å²) in [7, 11) is 0. The highest BCUT2D eigenvalue weighted by atomic mass is 35.5. The van der Waals surface area contributed by atoms with Crippen molar-refractivity contribution in [1.29, 1.82) is 0 Å². The van der Waals surface area contributed by atoms with Gasteiger partial charge in [0.1, 0.15) is 5.69 Å². The van der Waals surface area contributed by atoms with Crippen molar-refractivity contribution in [2.45, 2.75) is 18.9 Å². The zero-order chi connectivity index (χ0) is 16.3. The second-order valence-electron chi connectivity index (χ2n) is 4.23. The van der Waals surface area contributed by atoms with Crippen LogP contribution < -0.4 is 4.74 Å². The van der Waals surface area contributed by atoms with Gasteiger partial charge in [-0.3, -0.25) is 4.98 Å². The van der Waals surface area contributed by atoms with Crippen LogP contribution in [-0.2, 0) is 5.88 Å². The number of alkyl halides is 5. The summed E-state index contributed by atoms with van der Waals surface area (Å²) in [5, 5.41) is 0. The first-order valence-corrected chi connectivity index (χ1v) is 6.53. The Morgan fingerprint density at radius 2 is 1.82 bits per heavy atom. The van der Waals surface area contributed by atoms with Crippen molar-refractivity contribution in [1.82, 2.24) is 4.98 Å². The molecule has 0 saturated heterocycles. The fourth-order valence-electron chi connectivity index (χ4n) is 1.85. The predicted molar refractivity (Wildman–Crippen MR) is 70.8 cm³/mol. The molecule has 0 aliphatic carbocycles. The quantitative estimate of drug-likeness (QED) is 0.555. The van der Waals surface area contributed by atoms with Crippen molar-refractivity contribution in [2.24, 2.45) is 0 Å². The third-order valence-corrected chi connectivity index (χ3v) is 3.12. The molecule has 0 bridgehead atoms. The van der Waals surface area contributed by atoms with E-state index >= 15 is 0 Å². The van der Waals surface area contributed by atoms with Crippen LogP contribution in [0.25, 0.3) is 11.1 Å². The fourth-order valence-corrected chi connectivity index (χ4v) is 2.07. The predicted octanol–water partition coefficient (Wildman–Crippen LogP) is 5.17. The number of rotatable bonds is 5. The first-order valence-electron chi connectivity index (χ1n) is 6.00. The largest absolute Gasteiger partial charge is 0.432 e. The molecule has 0 spiro atoms. The number of hydrogen-bond acceptors (Lipinski definition) is 2. The molecule has 0 atom stereocenters. The molecule has 0 N–H and O–H groups in total. The van der Waals surface area contributed by atoms with Crippen LogP contribution in [0.1, 0.15) is 17.7 Å². The lowest BCUT2D eigenvalue weighted by atomic mass is 10.0. The van der Waals surface area contributed by atoms with Crippen molar-refractivity contribution in [3.63, 3.8) is 0 Å². The van der Waals surface area contributed by atoms with E-state index in [0.717, 1.165) is 18.3 Å². The van der Waals surface area contributed by atoms with Crippen molar-refractivity contribution in [3.05, 3.63) is 47.5 Å². The first kappa shape index (κ1) is 16.5. The van der Waals surface area contributed by atoms with Crippen molar-refractivity contribution in [2.75, 3.05) is 0 Å². The van der Waals surface area contributed by atoms with E-state index in [1.54, 1.807) is 0 Å². The van der Waals surface area contributed by atoms with Gasteiger partial charge in [0.2, 0.25) is 0 Å². The Kier molecular flexibility index (Phi) is 5.18. The minimum absolute atomic E-state index is 0.106. The van der Waals surface area contributed by atoms with E-state index in [4.69, 9.17) is 11.6 Å². The Morgan fingerprint density at radius 1 is 1.09 bits per heavy atom. The molecule has 1 aromatic heterocycles. The average Bonchev–Trinajstić information content (AvgIpc) is 2.48. The van der Waals surface area contributed by atoms with Crippen LogP contribution in [0.3, 0.4) is 0 Å². The Labute approximate surface area is 127 Å². The molecule has 8 heteroatoms. The van der Waals surface area contributed by atoms with Gasteiger partial charge in [0.25, 0.3) is 6.43 Å². The first-order chi connectivity index (χ1) is 10.4. The van der Waals surface area contributed by atoms with Gasteiger partial charge in [-0.05, 0) is 29.3 Å². The maximum Gasteiger partial charge on any atom is 0.387 e. The molecule has 22 heavy (non-hydrogen) atoms. The normalized spacial score (nSPS) is 11.3. The lowest BCUT2D eigenvalue weighted by Gasteiger charge is -2.10. The summed E-state index contributed by atoms with van der Waals surface area (Å²) >= 11 is 5.60. The van der Waals surface area contributed by atoms with Crippen molar-refractivity contribution in [3.8, 4) is 16.9 Å². The average molecular weight is 338 g/mol. The number of halogens is 6. The van der Waals surface area contributed by atoms with Gasteiger partial charge in [0, 0.05) is 17.6 Å². The minimum Gasteiger partial charge on any atom is -0.432 e. The van der Waals surface area contributed by atoms with Gasteiger partial charge in [0.05, 0.1) is 0 Å². The molecule has 2 nitrogen and oxygen atoms in total. The molecule has 0 radical (unpaired) electrons. The zero-order valence-electron chi connectivity index (χ0n) is 10.9. The summed E-state index contributed by atoms with van der Waals surface area (Å²) in [6, 6.07) is 4.62. The molecular formula is C14H9ClF5NO. The summed E-state index contributed by atoms with van der Waals surface area (Å²) < 4.78 is 67.3. The number of nitrogens with zero attached hydrogens (tertiary/aromatic N) is 1. The van der Waals surface area contributed by atoms with Crippen LogP contribution in [0.15, 0.2) is 30.5 Å². The van der Waals surface area contributed by atoms with Crippen LogP contribution in [0, 0.1) is 5.82 Å². The summed E-state index contributed by atoms with van der Waals surface area (Å²) in [5.41, 5.74) is 0.274. The molecule has 2 rings (SSSR count). The molecule has 118 valence electrons. The molecule has 0 aliphatic heterocycles. The maximum absolute atomic E-state index is 13.4. The fraction of sp³-hybridized carbons (Fsp3) is 0.214. The minimum atomic E-state index is -3.18. The van der Waals surface area contributed by atoms with E-state index in [2.05, 4.69) is 9.72 Å². The van der Waals surface area contributed by atoms with E-state index in [1.807, 2.05) is 0 Å². The highest BCUT2D eigenvalue weighted by Crippen LogP contribution is 2.30. The van der Waals surface area contributed by atoms with Crippen molar-refractivity contribution < 1.29 is 26.7 Å². The smallest absolute Gasteiger partial charge is 0.387 e. The summed E-state index contributed by atoms with van der Waals surface area (Å²) in [6.45, 7) is -3.18.